The van der Waals surface area contributed by atoms with Gasteiger partial charge >= 0.3 is 11.9 Å². The summed E-state index contributed by atoms with van der Waals surface area (Å²) in [6, 6.07) is 12.5. The van der Waals surface area contributed by atoms with Crippen molar-refractivity contribution in [3.8, 4) is 17.2 Å². The number of carboxylic acids is 2. The second kappa shape index (κ2) is 12.3. The molecule has 0 spiro atoms. The Morgan fingerprint density at radius 2 is 1.46 bits per heavy atom. The molecule has 1 unspecified atom stereocenters. The van der Waals surface area contributed by atoms with Gasteiger partial charge in [0.05, 0.1) is 29.2 Å². The SMILES string of the molecule is COc1cc2cc(C(=O)CC(C)C(=O)O)sc2cc1OCCOc1ccc2sc(C(=O)CCC(=O)O)cc2c1. The molecule has 0 bridgehead atoms. The lowest BCUT2D eigenvalue weighted by molar-refractivity contribution is -0.141. The Morgan fingerprint density at radius 1 is 0.795 bits per heavy atom. The molecule has 0 saturated carbocycles. The molecule has 0 amide bonds. The maximum atomic E-state index is 12.5. The zero-order valence-corrected chi connectivity index (χ0v) is 22.9. The minimum Gasteiger partial charge on any atom is -0.493 e. The predicted octanol–water partition coefficient (Wildman–Crippen LogP) is 5.92. The number of benzene rings is 2. The second-order valence-electron chi connectivity index (χ2n) is 8.84. The van der Waals surface area contributed by atoms with Gasteiger partial charge in [0.2, 0.25) is 0 Å². The fourth-order valence-electron chi connectivity index (χ4n) is 3.83. The molecule has 0 aliphatic rings. The Morgan fingerprint density at radius 3 is 2.15 bits per heavy atom. The van der Waals surface area contributed by atoms with Gasteiger partial charge in [-0.05, 0) is 47.2 Å². The average Bonchev–Trinajstić information content (AvgIpc) is 3.52. The van der Waals surface area contributed by atoms with Crippen LogP contribution >= 0.6 is 22.7 Å². The maximum Gasteiger partial charge on any atom is 0.306 e. The van der Waals surface area contributed by atoms with Gasteiger partial charge < -0.3 is 24.4 Å². The summed E-state index contributed by atoms with van der Waals surface area (Å²) in [4.78, 5) is 47.6. The number of ether oxygens (including phenoxy) is 3. The molecule has 2 aromatic carbocycles. The lowest BCUT2D eigenvalue weighted by atomic mass is 10.0. The minimum absolute atomic E-state index is 0.0366. The highest BCUT2D eigenvalue weighted by Gasteiger charge is 2.20. The first kappa shape index (κ1) is 28.1. The fraction of sp³-hybridized carbons (Fsp3) is 0.286. The van der Waals surface area contributed by atoms with Crippen molar-refractivity contribution < 1.29 is 43.6 Å². The van der Waals surface area contributed by atoms with Crippen LogP contribution in [0.15, 0.2) is 42.5 Å². The summed E-state index contributed by atoms with van der Waals surface area (Å²) in [5.74, 6) is -1.59. The van der Waals surface area contributed by atoms with E-state index in [1.54, 1.807) is 30.3 Å². The van der Waals surface area contributed by atoms with Gasteiger partial charge in [0.25, 0.3) is 0 Å². The van der Waals surface area contributed by atoms with Crippen LogP contribution in [-0.2, 0) is 9.59 Å². The van der Waals surface area contributed by atoms with E-state index in [2.05, 4.69) is 0 Å². The van der Waals surface area contributed by atoms with Gasteiger partial charge in [-0.3, -0.25) is 19.2 Å². The Bertz CT molecular complexity index is 1550. The molecular weight excluding hydrogens is 544 g/mol. The van der Waals surface area contributed by atoms with Gasteiger partial charge in [0.15, 0.2) is 23.1 Å². The van der Waals surface area contributed by atoms with E-state index in [0.717, 1.165) is 20.2 Å². The highest BCUT2D eigenvalue weighted by molar-refractivity contribution is 7.21. The topological polar surface area (TPSA) is 136 Å². The number of carboxylic acid groups (broad SMARTS) is 2. The molecule has 204 valence electrons. The molecule has 0 fully saturated rings. The Labute approximate surface area is 231 Å². The normalized spacial score (nSPS) is 11.8. The van der Waals surface area contributed by atoms with Crippen LogP contribution in [0.5, 0.6) is 17.2 Å². The standard InChI is InChI=1S/C28H26O9S2/c1-15(28(33)34)9-20(30)26-13-17-11-21(35-2)22(14-24(17)39-26)37-8-7-36-18-3-5-23-16(10-18)12-25(38-23)19(29)4-6-27(31)32/h3,5,10-15H,4,6-9H2,1-2H3,(H,31,32)(H,33,34). The molecule has 2 N–H and O–H groups in total. The molecule has 0 saturated heterocycles. The van der Waals surface area contributed by atoms with E-state index in [1.165, 1.54) is 36.7 Å². The number of hydrogen-bond donors (Lipinski definition) is 2. The summed E-state index contributed by atoms with van der Waals surface area (Å²) in [7, 11) is 1.52. The largest absolute Gasteiger partial charge is 0.493 e. The first-order valence-electron chi connectivity index (χ1n) is 12.1. The maximum absolute atomic E-state index is 12.5. The third-order valence-electron chi connectivity index (χ3n) is 5.93. The van der Waals surface area contributed by atoms with E-state index in [0.29, 0.717) is 27.0 Å². The monoisotopic (exact) mass is 570 g/mol. The molecule has 1 atom stereocenters. The second-order valence-corrected chi connectivity index (χ2v) is 11.0. The smallest absolute Gasteiger partial charge is 0.306 e. The van der Waals surface area contributed by atoms with Crippen molar-refractivity contribution in [2.75, 3.05) is 20.3 Å². The summed E-state index contributed by atoms with van der Waals surface area (Å²) >= 11 is 2.60. The van der Waals surface area contributed by atoms with Crippen LogP contribution in [0.2, 0.25) is 0 Å². The van der Waals surface area contributed by atoms with Crippen LogP contribution in [0.25, 0.3) is 20.2 Å². The van der Waals surface area contributed by atoms with E-state index in [-0.39, 0.29) is 44.0 Å². The summed E-state index contributed by atoms with van der Waals surface area (Å²) in [6.07, 6.45) is -0.304. The molecule has 39 heavy (non-hydrogen) atoms. The Balaban J connectivity index is 1.37. The molecule has 9 nitrogen and oxygen atoms in total. The first-order chi connectivity index (χ1) is 18.6. The third kappa shape index (κ3) is 6.92. The van der Waals surface area contributed by atoms with Crippen molar-refractivity contribution >= 4 is 66.4 Å². The van der Waals surface area contributed by atoms with Crippen LogP contribution in [0, 0.1) is 5.92 Å². The summed E-state index contributed by atoms with van der Waals surface area (Å²) < 4.78 is 18.9. The van der Waals surface area contributed by atoms with Crippen molar-refractivity contribution in [1.29, 1.82) is 0 Å². The summed E-state index contributed by atoms with van der Waals surface area (Å²) in [5, 5.41) is 19.5. The van der Waals surface area contributed by atoms with Crippen molar-refractivity contribution in [3.63, 3.8) is 0 Å². The molecule has 0 aliphatic heterocycles. The van der Waals surface area contributed by atoms with E-state index >= 15 is 0 Å². The van der Waals surface area contributed by atoms with Crippen LogP contribution in [0.4, 0.5) is 0 Å². The van der Waals surface area contributed by atoms with E-state index in [1.807, 2.05) is 12.1 Å². The zero-order chi connectivity index (χ0) is 28.1. The number of carbonyl (C=O) groups is 4. The Kier molecular flexibility index (Phi) is 8.82. The van der Waals surface area contributed by atoms with E-state index < -0.39 is 17.9 Å². The molecule has 2 aromatic heterocycles. The van der Waals surface area contributed by atoms with Crippen molar-refractivity contribution in [3.05, 3.63) is 52.2 Å². The fourth-order valence-corrected chi connectivity index (χ4v) is 5.86. The first-order valence-corrected chi connectivity index (χ1v) is 13.7. The van der Waals surface area contributed by atoms with E-state index in [9.17, 15) is 19.2 Å². The predicted molar refractivity (Wildman–Crippen MR) is 148 cm³/mol. The number of aliphatic carboxylic acids is 2. The molecule has 4 aromatic rings. The lowest BCUT2D eigenvalue weighted by Crippen LogP contribution is -2.13. The molecule has 0 aliphatic carbocycles. The van der Waals surface area contributed by atoms with Crippen molar-refractivity contribution in [2.45, 2.75) is 26.2 Å². The highest BCUT2D eigenvalue weighted by atomic mass is 32.1. The number of ketones is 2. The number of fused-ring (bicyclic) bond motifs is 2. The molecular formula is C28H26O9S2. The summed E-state index contributed by atoms with van der Waals surface area (Å²) in [5.41, 5.74) is 0. The van der Waals surface area contributed by atoms with Gasteiger partial charge in [-0.1, -0.05) is 6.92 Å². The number of hydrogen-bond acceptors (Lipinski definition) is 9. The van der Waals surface area contributed by atoms with Gasteiger partial charge in [-0.2, -0.15) is 0 Å². The van der Waals surface area contributed by atoms with Crippen LogP contribution in [0.1, 0.15) is 45.5 Å². The van der Waals surface area contributed by atoms with Gasteiger partial charge in [-0.25, -0.2) is 0 Å². The van der Waals surface area contributed by atoms with Gasteiger partial charge in [0, 0.05) is 28.3 Å². The van der Waals surface area contributed by atoms with Gasteiger partial charge in [-0.15, -0.1) is 22.7 Å². The average molecular weight is 571 g/mol. The third-order valence-corrected chi connectivity index (χ3v) is 8.22. The van der Waals surface area contributed by atoms with Gasteiger partial charge in [0.1, 0.15) is 19.0 Å². The van der Waals surface area contributed by atoms with Crippen LogP contribution in [0.3, 0.4) is 0 Å². The molecule has 0 radical (unpaired) electrons. The highest BCUT2D eigenvalue weighted by Crippen LogP contribution is 2.37. The van der Waals surface area contributed by atoms with Crippen LogP contribution in [-0.4, -0.2) is 54.0 Å². The van der Waals surface area contributed by atoms with Crippen molar-refractivity contribution in [1.82, 2.24) is 0 Å². The number of carbonyl (C=O) groups excluding carboxylic acids is 2. The number of thiophene rings is 2. The quantitative estimate of drug-likeness (QED) is 0.140. The molecule has 11 heteroatoms. The lowest BCUT2D eigenvalue weighted by Gasteiger charge is -2.12. The zero-order valence-electron chi connectivity index (χ0n) is 21.2. The number of methoxy groups -OCH3 is 1. The number of rotatable bonds is 14. The number of Topliss-reactive ketones (excluding diaryl/α,β-unsaturated/α-hetero) is 2. The Hall–Kier alpha value is -3.96. The summed E-state index contributed by atoms with van der Waals surface area (Å²) in [6.45, 7) is 1.96. The minimum atomic E-state index is -1.01. The van der Waals surface area contributed by atoms with Crippen molar-refractivity contribution in [2.24, 2.45) is 5.92 Å². The van der Waals surface area contributed by atoms with E-state index in [4.69, 9.17) is 24.4 Å². The molecule has 2 heterocycles. The molecule has 4 rings (SSSR count). The van der Waals surface area contributed by atoms with Crippen LogP contribution < -0.4 is 14.2 Å².